The highest BCUT2D eigenvalue weighted by Crippen LogP contribution is 2.32. The van der Waals surface area contributed by atoms with E-state index in [0.717, 1.165) is 5.56 Å². The second-order valence-electron chi connectivity index (χ2n) is 7.97. The van der Waals surface area contributed by atoms with Crippen molar-refractivity contribution in [2.24, 2.45) is 16.1 Å². The first-order valence-corrected chi connectivity index (χ1v) is 9.14. The Balaban J connectivity index is 2.22. The fourth-order valence-electron chi connectivity index (χ4n) is 3.15. The van der Waals surface area contributed by atoms with Crippen LogP contribution in [-0.4, -0.2) is 30.1 Å². The lowest BCUT2D eigenvalue weighted by Gasteiger charge is -2.28. The van der Waals surface area contributed by atoms with Crippen LogP contribution in [0.15, 0.2) is 47.5 Å². The second-order valence-corrected chi connectivity index (χ2v) is 7.97. The van der Waals surface area contributed by atoms with Crippen LogP contribution in [-0.2, 0) is 9.59 Å². The van der Waals surface area contributed by atoms with Crippen LogP contribution in [0.5, 0.6) is 0 Å². The highest BCUT2D eigenvalue weighted by Gasteiger charge is 2.34. The maximum atomic E-state index is 14.5. The van der Waals surface area contributed by atoms with Gasteiger partial charge in [-0.1, -0.05) is 51.1 Å². The predicted octanol–water partition coefficient (Wildman–Crippen LogP) is 3.22. The van der Waals surface area contributed by atoms with E-state index in [1.54, 1.807) is 45.0 Å². The summed E-state index contributed by atoms with van der Waals surface area (Å²) in [6, 6.07) is 11.7. The van der Waals surface area contributed by atoms with Gasteiger partial charge in [0.1, 0.15) is 5.82 Å². The number of carbonyl (C=O) groups is 2. The number of Topliss-reactive ketones (excluding diaryl/α,β-unsaturated/α-hetero) is 1. The van der Waals surface area contributed by atoms with E-state index in [0.29, 0.717) is 17.0 Å². The van der Waals surface area contributed by atoms with Gasteiger partial charge in [0.05, 0.1) is 17.9 Å². The average molecular weight is 381 g/mol. The van der Waals surface area contributed by atoms with E-state index in [2.05, 4.69) is 4.99 Å². The Labute approximate surface area is 164 Å². The van der Waals surface area contributed by atoms with Crippen molar-refractivity contribution in [2.45, 2.75) is 33.9 Å². The van der Waals surface area contributed by atoms with Gasteiger partial charge in [-0.25, -0.2) is 4.39 Å². The first kappa shape index (κ1) is 19.9. The zero-order chi connectivity index (χ0) is 20.6. The molecule has 0 aliphatic carbocycles. The maximum Gasteiger partial charge on any atom is 0.266 e. The molecule has 0 radical (unpaired) electrons. The van der Waals surface area contributed by atoms with Crippen molar-refractivity contribution in [1.29, 1.82) is 0 Å². The van der Waals surface area contributed by atoms with Gasteiger partial charge in [0.2, 0.25) is 0 Å². The molecule has 3 rings (SSSR count). The summed E-state index contributed by atoms with van der Waals surface area (Å²) in [7, 11) is 0. The van der Waals surface area contributed by atoms with Crippen LogP contribution in [0.3, 0.4) is 0 Å². The van der Waals surface area contributed by atoms with Crippen molar-refractivity contribution < 1.29 is 14.0 Å². The number of carbonyl (C=O) groups excluding carboxylic acids is 2. The topological polar surface area (TPSA) is 75.8 Å². The molecule has 0 saturated heterocycles. The largest absolute Gasteiger partial charge is 0.302 e. The number of benzodiazepines with no additional fused rings is 1. The highest BCUT2D eigenvalue weighted by molar-refractivity contribution is 6.21. The lowest BCUT2D eigenvalue weighted by molar-refractivity contribution is -0.127. The first-order chi connectivity index (χ1) is 13.1. The number of amides is 1. The molecule has 2 aromatic rings. The van der Waals surface area contributed by atoms with Crippen LogP contribution < -0.4 is 10.6 Å². The van der Waals surface area contributed by atoms with Crippen molar-refractivity contribution in [3.63, 3.8) is 0 Å². The van der Waals surface area contributed by atoms with Gasteiger partial charge in [-0.2, -0.15) is 0 Å². The fraction of sp³-hybridized carbons (Fsp3) is 0.318. The third-order valence-electron chi connectivity index (χ3n) is 4.82. The van der Waals surface area contributed by atoms with Crippen molar-refractivity contribution in [3.8, 4) is 0 Å². The molecule has 0 aromatic heterocycles. The van der Waals surface area contributed by atoms with Crippen LogP contribution in [0.4, 0.5) is 10.1 Å². The third-order valence-corrected chi connectivity index (χ3v) is 4.82. The van der Waals surface area contributed by atoms with Gasteiger partial charge in [-0.15, -0.1) is 0 Å². The predicted molar refractivity (Wildman–Crippen MR) is 108 cm³/mol. The average Bonchev–Trinajstić information content (AvgIpc) is 2.72. The molecule has 0 bridgehead atoms. The van der Waals surface area contributed by atoms with E-state index in [9.17, 15) is 14.0 Å². The second kappa shape index (κ2) is 7.28. The molecule has 2 N–H and O–H groups in total. The smallest absolute Gasteiger partial charge is 0.266 e. The number of ketones is 1. The lowest BCUT2D eigenvalue weighted by atomic mass is 9.90. The molecule has 1 amide bonds. The minimum absolute atomic E-state index is 0.100. The number of anilines is 1. The van der Waals surface area contributed by atoms with E-state index in [4.69, 9.17) is 5.73 Å². The van der Waals surface area contributed by atoms with Gasteiger partial charge in [0.15, 0.2) is 11.9 Å². The molecule has 1 atom stereocenters. The van der Waals surface area contributed by atoms with E-state index >= 15 is 0 Å². The Morgan fingerprint density at radius 1 is 1.14 bits per heavy atom. The fourth-order valence-corrected chi connectivity index (χ4v) is 3.15. The highest BCUT2D eigenvalue weighted by atomic mass is 19.1. The molecule has 0 fully saturated rings. The molecule has 28 heavy (non-hydrogen) atoms. The summed E-state index contributed by atoms with van der Waals surface area (Å²) in [5, 5.41) is 0. The van der Waals surface area contributed by atoms with Gasteiger partial charge in [0.25, 0.3) is 5.91 Å². The molecule has 0 spiro atoms. The Bertz CT molecular complexity index is 976. The summed E-state index contributed by atoms with van der Waals surface area (Å²) in [6.45, 7) is 7.14. The van der Waals surface area contributed by atoms with Crippen LogP contribution in [0, 0.1) is 18.2 Å². The molecule has 2 aromatic carbocycles. The zero-order valence-corrected chi connectivity index (χ0v) is 16.5. The summed E-state index contributed by atoms with van der Waals surface area (Å²) in [5.74, 6) is -1.04. The van der Waals surface area contributed by atoms with E-state index in [1.165, 1.54) is 11.0 Å². The Morgan fingerprint density at radius 3 is 2.43 bits per heavy atom. The number of fused-ring (bicyclic) bond motifs is 1. The van der Waals surface area contributed by atoms with Gasteiger partial charge < -0.3 is 10.6 Å². The zero-order valence-electron chi connectivity index (χ0n) is 16.5. The quantitative estimate of drug-likeness (QED) is 0.887. The molecule has 5 nitrogen and oxygen atoms in total. The molecule has 1 aliphatic rings. The number of para-hydroxylation sites is 1. The molecule has 1 heterocycles. The van der Waals surface area contributed by atoms with Crippen molar-refractivity contribution >= 4 is 23.1 Å². The number of nitrogens with zero attached hydrogens (tertiary/aromatic N) is 2. The van der Waals surface area contributed by atoms with Gasteiger partial charge in [0, 0.05) is 16.5 Å². The van der Waals surface area contributed by atoms with E-state index in [-0.39, 0.29) is 17.9 Å². The first-order valence-electron chi connectivity index (χ1n) is 9.14. The summed E-state index contributed by atoms with van der Waals surface area (Å²) in [6.07, 6.45) is -1.23. The molecule has 6 heteroatoms. The summed E-state index contributed by atoms with van der Waals surface area (Å²) in [4.78, 5) is 31.5. The number of aryl methyl sites for hydroxylation is 1. The van der Waals surface area contributed by atoms with Gasteiger partial charge in [-0.3, -0.25) is 14.6 Å². The van der Waals surface area contributed by atoms with E-state index < -0.39 is 23.3 Å². The Morgan fingerprint density at radius 2 is 1.79 bits per heavy atom. The molecule has 146 valence electrons. The number of halogens is 1. The number of aliphatic imine (C=N–C) groups is 1. The molecule has 0 unspecified atom stereocenters. The van der Waals surface area contributed by atoms with Crippen LogP contribution in [0.1, 0.15) is 37.5 Å². The minimum atomic E-state index is -1.23. The standard InChI is InChI=1S/C22H24FN3O2/c1-13-8-7-10-15-18(14-9-5-6-11-16(14)23)25-20(24)21(28)26(19(13)15)12-17(27)22(2,3)4/h5-11,20H,12,24H2,1-4H3/t20-/m0/s1. The number of hydrogen-bond donors (Lipinski definition) is 1. The lowest BCUT2D eigenvalue weighted by Crippen LogP contribution is -2.46. The molecule has 1 aliphatic heterocycles. The number of hydrogen-bond acceptors (Lipinski definition) is 4. The third kappa shape index (κ3) is 3.60. The monoisotopic (exact) mass is 381 g/mol. The van der Waals surface area contributed by atoms with E-state index in [1.807, 2.05) is 19.1 Å². The Kier molecular flexibility index (Phi) is 5.17. The minimum Gasteiger partial charge on any atom is -0.302 e. The number of rotatable bonds is 3. The molecule has 0 saturated carbocycles. The molecular weight excluding hydrogens is 357 g/mol. The van der Waals surface area contributed by atoms with Gasteiger partial charge in [-0.05, 0) is 24.6 Å². The van der Waals surface area contributed by atoms with Gasteiger partial charge >= 0.3 is 0 Å². The van der Waals surface area contributed by atoms with Crippen LogP contribution in [0.2, 0.25) is 0 Å². The summed E-state index contributed by atoms with van der Waals surface area (Å²) >= 11 is 0. The van der Waals surface area contributed by atoms with Crippen molar-refractivity contribution in [1.82, 2.24) is 0 Å². The number of nitrogens with two attached hydrogens (primary N) is 1. The maximum absolute atomic E-state index is 14.5. The summed E-state index contributed by atoms with van der Waals surface area (Å²) < 4.78 is 14.5. The number of benzene rings is 2. The summed E-state index contributed by atoms with van der Waals surface area (Å²) in [5.41, 5.74) is 7.91. The van der Waals surface area contributed by atoms with Crippen molar-refractivity contribution in [3.05, 3.63) is 65.0 Å². The van der Waals surface area contributed by atoms with Crippen molar-refractivity contribution in [2.75, 3.05) is 11.4 Å². The van der Waals surface area contributed by atoms with Crippen LogP contribution in [0.25, 0.3) is 0 Å². The normalized spacial score (nSPS) is 17.1. The molecular formula is C22H24FN3O2. The SMILES string of the molecule is Cc1cccc2c1N(CC(=O)C(C)(C)C)C(=O)[C@@H](N)N=C2c1ccccc1F. The Hall–Kier alpha value is -2.86. The van der Waals surface area contributed by atoms with Crippen LogP contribution >= 0.6 is 0 Å².